The lowest BCUT2D eigenvalue weighted by atomic mass is 10.0. The van der Waals surface area contributed by atoms with Gasteiger partial charge < -0.3 is 10.1 Å². The van der Waals surface area contributed by atoms with Crippen LogP contribution in [0.3, 0.4) is 0 Å². The number of hydrogen-bond acceptors (Lipinski definition) is 3. The summed E-state index contributed by atoms with van der Waals surface area (Å²) in [6.45, 7) is 0. The van der Waals surface area contributed by atoms with E-state index in [1.54, 1.807) is 31.4 Å². The first-order valence-electron chi connectivity index (χ1n) is 8.85. The van der Waals surface area contributed by atoms with Crippen molar-refractivity contribution in [2.24, 2.45) is 0 Å². The summed E-state index contributed by atoms with van der Waals surface area (Å²) in [7, 11) is 1.62. The van der Waals surface area contributed by atoms with E-state index in [9.17, 15) is 4.79 Å². The van der Waals surface area contributed by atoms with E-state index in [0.29, 0.717) is 27.0 Å². The van der Waals surface area contributed by atoms with Gasteiger partial charge in [-0.15, -0.1) is 0 Å². The van der Waals surface area contributed by atoms with Crippen LogP contribution in [-0.4, -0.2) is 18.0 Å². The van der Waals surface area contributed by atoms with Crippen molar-refractivity contribution in [2.45, 2.75) is 0 Å². The number of benzene rings is 3. The molecular formula is C23H16Cl2N2O2. The second kappa shape index (κ2) is 8.11. The molecule has 0 radical (unpaired) electrons. The summed E-state index contributed by atoms with van der Waals surface area (Å²) in [5.74, 6) is 0.488. The van der Waals surface area contributed by atoms with E-state index in [4.69, 9.17) is 32.9 Å². The number of nitrogens with zero attached hydrogens (tertiary/aromatic N) is 1. The number of carbonyl (C=O) groups excluding carboxylic acids is 1. The lowest BCUT2D eigenvalue weighted by Gasteiger charge is -2.11. The van der Waals surface area contributed by atoms with Crippen LogP contribution in [0.25, 0.3) is 22.2 Å². The minimum Gasteiger partial charge on any atom is -0.497 e. The Kier molecular flexibility index (Phi) is 5.38. The maximum atomic E-state index is 13.1. The number of nitrogens with one attached hydrogen (secondary N) is 1. The van der Waals surface area contributed by atoms with Crippen LogP contribution in [0.5, 0.6) is 5.75 Å². The number of amides is 1. The molecule has 0 saturated heterocycles. The van der Waals surface area contributed by atoms with Crippen molar-refractivity contribution >= 4 is 45.7 Å². The molecule has 3 aromatic carbocycles. The predicted molar refractivity (Wildman–Crippen MR) is 118 cm³/mol. The Hall–Kier alpha value is -3.08. The molecule has 1 amide bonds. The van der Waals surface area contributed by atoms with Crippen LogP contribution < -0.4 is 10.1 Å². The summed E-state index contributed by atoms with van der Waals surface area (Å²) in [6.07, 6.45) is 0. The summed E-state index contributed by atoms with van der Waals surface area (Å²) in [4.78, 5) is 17.8. The van der Waals surface area contributed by atoms with Crippen LogP contribution >= 0.6 is 23.2 Å². The maximum Gasteiger partial charge on any atom is 0.256 e. The first-order chi connectivity index (χ1) is 14.0. The minimum atomic E-state index is -0.267. The van der Waals surface area contributed by atoms with Crippen molar-refractivity contribution in [3.63, 3.8) is 0 Å². The number of fused-ring (bicyclic) bond motifs is 1. The van der Waals surface area contributed by atoms with Crippen molar-refractivity contribution in [3.05, 3.63) is 88.4 Å². The van der Waals surface area contributed by atoms with Crippen molar-refractivity contribution in [1.82, 2.24) is 4.98 Å². The fourth-order valence-corrected chi connectivity index (χ4v) is 3.62. The Labute approximate surface area is 178 Å². The van der Waals surface area contributed by atoms with Crippen LogP contribution in [0.4, 0.5) is 5.69 Å². The van der Waals surface area contributed by atoms with E-state index in [1.165, 1.54) is 0 Å². The quantitative estimate of drug-likeness (QED) is 0.409. The lowest BCUT2D eigenvalue weighted by molar-refractivity contribution is 0.102. The third-order valence-electron chi connectivity index (χ3n) is 4.47. The van der Waals surface area contributed by atoms with E-state index in [1.807, 2.05) is 48.5 Å². The van der Waals surface area contributed by atoms with Gasteiger partial charge in [-0.25, -0.2) is 4.98 Å². The SMILES string of the molecule is COc1ccc(-c2cc(C(=O)Nc3cc(Cl)cc(Cl)c3)c3ccccc3n2)cc1. The fraction of sp³-hybridized carbons (Fsp3) is 0.0435. The number of aromatic nitrogens is 1. The molecule has 0 saturated carbocycles. The van der Waals surface area contributed by atoms with Crippen LogP contribution in [0, 0.1) is 0 Å². The van der Waals surface area contributed by atoms with Gasteiger partial charge in [-0.3, -0.25) is 4.79 Å². The summed E-state index contributed by atoms with van der Waals surface area (Å²) in [6, 6.07) is 21.8. The maximum absolute atomic E-state index is 13.1. The molecule has 0 unspecified atom stereocenters. The summed E-state index contributed by atoms with van der Waals surface area (Å²) >= 11 is 12.1. The molecule has 0 atom stereocenters. The normalized spacial score (nSPS) is 10.7. The highest BCUT2D eigenvalue weighted by Crippen LogP contribution is 2.28. The van der Waals surface area contributed by atoms with Crippen molar-refractivity contribution < 1.29 is 9.53 Å². The van der Waals surface area contributed by atoms with E-state index in [-0.39, 0.29) is 5.91 Å². The summed E-state index contributed by atoms with van der Waals surface area (Å²) in [5, 5.41) is 4.53. The van der Waals surface area contributed by atoms with Crippen LogP contribution in [0.15, 0.2) is 72.8 Å². The number of halogens is 2. The third-order valence-corrected chi connectivity index (χ3v) is 4.90. The highest BCUT2D eigenvalue weighted by Gasteiger charge is 2.15. The van der Waals surface area contributed by atoms with Gasteiger partial charge in [-0.2, -0.15) is 0 Å². The molecule has 0 aliphatic rings. The number of methoxy groups -OCH3 is 1. The molecule has 1 aromatic heterocycles. The molecule has 0 fully saturated rings. The average Bonchev–Trinajstić information content (AvgIpc) is 2.72. The standard InChI is InChI=1S/C23H16Cl2N2O2/c1-29-18-8-6-14(7-9-18)22-13-20(19-4-2-3-5-21(19)27-22)23(28)26-17-11-15(24)10-16(25)12-17/h2-13H,1H3,(H,26,28). The molecule has 0 spiro atoms. The highest BCUT2D eigenvalue weighted by atomic mass is 35.5. The number of anilines is 1. The van der Waals surface area contributed by atoms with E-state index in [0.717, 1.165) is 22.2 Å². The van der Waals surface area contributed by atoms with Crippen LogP contribution in [0.2, 0.25) is 10.0 Å². The Morgan fingerprint density at radius 2 is 1.62 bits per heavy atom. The molecular weight excluding hydrogens is 407 g/mol. The molecule has 1 heterocycles. The van der Waals surface area contributed by atoms with Gasteiger partial charge >= 0.3 is 0 Å². The second-order valence-electron chi connectivity index (χ2n) is 6.41. The molecule has 6 heteroatoms. The monoisotopic (exact) mass is 422 g/mol. The topological polar surface area (TPSA) is 51.2 Å². The molecule has 4 rings (SSSR count). The predicted octanol–water partition coefficient (Wildman–Crippen LogP) is 6.47. The van der Waals surface area contributed by atoms with Gasteiger partial charge in [0.25, 0.3) is 5.91 Å². The Morgan fingerprint density at radius 1 is 0.931 bits per heavy atom. The van der Waals surface area contributed by atoms with E-state index >= 15 is 0 Å². The molecule has 0 aliphatic carbocycles. The van der Waals surface area contributed by atoms with Gasteiger partial charge in [0.1, 0.15) is 5.75 Å². The molecule has 4 nitrogen and oxygen atoms in total. The first kappa shape index (κ1) is 19.2. The Bertz CT molecular complexity index is 1190. The van der Waals surface area contributed by atoms with Gasteiger partial charge in [0.2, 0.25) is 0 Å². The lowest BCUT2D eigenvalue weighted by Crippen LogP contribution is -2.13. The first-order valence-corrected chi connectivity index (χ1v) is 9.61. The van der Waals surface area contributed by atoms with Crippen LogP contribution in [0.1, 0.15) is 10.4 Å². The minimum absolute atomic E-state index is 0.267. The van der Waals surface area contributed by atoms with Gasteiger partial charge in [0.15, 0.2) is 0 Å². The van der Waals surface area contributed by atoms with Crippen molar-refractivity contribution in [2.75, 3.05) is 12.4 Å². The number of rotatable bonds is 4. The molecule has 4 aromatic rings. The van der Waals surface area contributed by atoms with Crippen LogP contribution in [-0.2, 0) is 0 Å². The highest BCUT2D eigenvalue weighted by molar-refractivity contribution is 6.35. The Balaban J connectivity index is 1.78. The number of ether oxygens (including phenoxy) is 1. The third kappa shape index (κ3) is 4.19. The molecule has 29 heavy (non-hydrogen) atoms. The van der Waals surface area contributed by atoms with Gasteiger partial charge in [-0.05, 0) is 54.6 Å². The summed E-state index contributed by atoms with van der Waals surface area (Å²) in [5.41, 5.74) is 3.35. The average molecular weight is 423 g/mol. The van der Waals surface area contributed by atoms with Crippen molar-refractivity contribution in [1.29, 1.82) is 0 Å². The smallest absolute Gasteiger partial charge is 0.256 e. The largest absolute Gasteiger partial charge is 0.497 e. The zero-order valence-corrected chi connectivity index (χ0v) is 17.0. The number of hydrogen-bond donors (Lipinski definition) is 1. The number of pyridine rings is 1. The molecule has 0 aliphatic heterocycles. The van der Waals surface area contributed by atoms with Gasteiger partial charge in [0, 0.05) is 26.7 Å². The molecule has 0 bridgehead atoms. The van der Waals surface area contributed by atoms with Gasteiger partial charge in [-0.1, -0.05) is 41.4 Å². The second-order valence-corrected chi connectivity index (χ2v) is 7.29. The number of para-hydroxylation sites is 1. The van der Waals surface area contributed by atoms with E-state index in [2.05, 4.69) is 5.32 Å². The Morgan fingerprint density at radius 3 is 2.31 bits per heavy atom. The summed E-state index contributed by atoms with van der Waals surface area (Å²) < 4.78 is 5.22. The zero-order valence-electron chi connectivity index (χ0n) is 15.4. The number of carbonyl (C=O) groups is 1. The zero-order chi connectivity index (χ0) is 20.4. The van der Waals surface area contributed by atoms with Gasteiger partial charge in [0.05, 0.1) is 23.9 Å². The van der Waals surface area contributed by atoms with Crippen molar-refractivity contribution in [3.8, 4) is 17.0 Å². The van der Waals surface area contributed by atoms with E-state index < -0.39 is 0 Å². The molecule has 144 valence electrons. The fourth-order valence-electron chi connectivity index (χ4n) is 3.10. The molecule has 1 N–H and O–H groups in total.